The Morgan fingerprint density at radius 2 is 2.47 bits per heavy atom. The zero-order chi connectivity index (χ0) is 11.4. The molecule has 1 saturated heterocycles. The van der Waals surface area contributed by atoms with E-state index >= 15 is 0 Å². The van der Waals surface area contributed by atoms with Gasteiger partial charge in [0.15, 0.2) is 0 Å². The molecule has 15 heavy (non-hydrogen) atoms. The smallest absolute Gasteiger partial charge is 0.326 e. The normalized spacial score (nSPS) is 22.9. The second-order valence-electron chi connectivity index (χ2n) is 3.65. The number of halogens is 1. The van der Waals surface area contributed by atoms with Gasteiger partial charge in [0.1, 0.15) is 6.04 Å². The van der Waals surface area contributed by atoms with Crippen LogP contribution in [0.4, 0.5) is 0 Å². The fourth-order valence-corrected chi connectivity index (χ4v) is 2.17. The molecule has 1 amide bonds. The second-order valence-corrected chi connectivity index (χ2v) is 4.30. The molecule has 0 saturated carbocycles. The summed E-state index contributed by atoms with van der Waals surface area (Å²) in [5.41, 5.74) is 0. The number of nitrogens with zero attached hydrogens (tertiary/aromatic N) is 1. The van der Waals surface area contributed by atoms with Crippen LogP contribution < -0.4 is 0 Å². The van der Waals surface area contributed by atoms with E-state index in [1.165, 1.54) is 11.0 Å². The first-order valence-corrected chi connectivity index (χ1v) is 5.91. The Labute approximate surface area is 97.1 Å². The lowest BCUT2D eigenvalue weighted by Gasteiger charge is -2.23. The highest BCUT2D eigenvalue weighted by Gasteiger charge is 2.36. The van der Waals surface area contributed by atoms with E-state index in [-0.39, 0.29) is 11.8 Å². The molecule has 1 aliphatic heterocycles. The molecule has 1 aliphatic rings. The Kier molecular flexibility index (Phi) is 4.32. The highest BCUT2D eigenvalue weighted by atomic mass is 79.9. The fourth-order valence-electron chi connectivity index (χ4n) is 1.73. The molecule has 0 aromatic carbocycles. The minimum absolute atomic E-state index is 0.0753. The number of carboxylic acids is 1. The summed E-state index contributed by atoms with van der Waals surface area (Å²) in [6.45, 7) is 4.03. The molecule has 1 heterocycles. The summed E-state index contributed by atoms with van der Waals surface area (Å²) in [4.78, 5) is 24.0. The Hall–Kier alpha value is -0.840. The maximum absolute atomic E-state index is 11.6. The zero-order valence-corrected chi connectivity index (χ0v) is 9.94. The summed E-state index contributed by atoms with van der Waals surface area (Å²) < 4.78 is 0. The van der Waals surface area contributed by atoms with Crippen LogP contribution in [0.25, 0.3) is 0 Å². The number of carboxylic acid groups (broad SMARTS) is 1. The van der Waals surface area contributed by atoms with Crippen molar-refractivity contribution in [3.8, 4) is 0 Å². The largest absolute Gasteiger partial charge is 0.480 e. The number of carbonyl (C=O) groups excluding carboxylic acids is 1. The molecule has 0 bridgehead atoms. The van der Waals surface area contributed by atoms with Gasteiger partial charge in [0.2, 0.25) is 5.91 Å². The van der Waals surface area contributed by atoms with Gasteiger partial charge in [0.25, 0.3) is 0 Å². The zero-order valence-electron chi connectivity index (χ0n) is 8.36. The summed E-state index contributed by atoms with van der Waals surface area (Å²) in [7, 11) is 0. The van der Waals surface area contributed by atoms with Crippen LogP contribution in [0.3, 0.4) is 0 Å². The highest BCUT2D eigenvalue weighted by molar-refractivity contribution is 9.09. The van der Waals surface area contributed by atoms with Crippen LogP contribution in [0.15, 0.2) is 12.7 Å². The third-order valence-corrected chi connectivity index (χ3v) is 3.42. The van der Waals surface area contributed by atoms with Crippen molar-refractivity contribution in [3.05, 3.63) is 12.7 Å². The van der Waals surface area contributed by atoms with Crippen LogP contribution in [0.5, 0.6) is 0 Å². The molecule has 2 atom stereocenters. The van der Waals surface area contributed by atoms with E-state index in [0.29, 0.717) is 19.4 Å². The van der Waals surface area contributed by atoms with Gasteiger partial charge in [0.05, 0.1) is 0 Å². The van der Waals surface area contributed by atoms with Gasteiger partial charge in [-0.15, -0.1) is 6.58 Å². The molecule has 1 N–H and O–H groups in total. The fraction of sp³-hybridized carbons (Fsp3) is 0.600. The van der Waals surface area contributed by atoms with E-state index in [1.54, 1.807) is 0 Å². The van der Waals surface area contributed by atoms with E-state index in [9.17, 15) is 9.59 Å². The molecule has 2 unspecified atom stereocenters. The third-order valence-electron chi connectivity index (χ3n) is 2.51. The van der Waals surface area contributed by atoms with E-state index < -0.39 is 12.0 Å². The standard InChI is InChI=1S/C10H14BrNO3/c1-2-3-8(10(14)15)12-6-7(5-11)4-9(12)13/h2,7-8H,1,3-6H2,(H,14,15). The molecule has 0 aliphatic carbocycles. The Morgan fingerprint density at radius 1 is 1.80 bits per heavy atom. The summed E-state index contributed by atoms with van der Waals surface area (Å²) in [5.74, 6) is -0.809. The molecule has 0 radical (unpaired) electrons. The van der Waals surface area contributed by atoms with Gasteiger partial charge in [-0.25, -0.2) is 4.79 Å². The quantitative estimate of drug-likeness (QED) is 0.607. The number of aliphatic carboxylic acids is 1. The van der Waals surface area contributed by atoms with Crippen molar-refractivity contribution in [1.29, 1.82) is 0 Å². The molecule has 5 heteroatoms. The predicted octanol–water partition coefficient (Wildman–Crippen LogP) is 1.26. The second kappa shape index (κ2) is 5.30. The predicted molar refractivity (Wildman–Crippen MR) is 59.9 cm³/mol. The van der Waals surface area contributed by atoms with Gasteiger partial charge in [-0.3, -0.25) is 4.79 Å². The van der Waals surface area contributed by atoms with Crippen LogP contribution in [0.2, 0.25) is 0 Å². The monoisotopic (exact) mass is 275 g/mol. The van der Waals surface area contributed by atoms with Crippen molar-refractivity contribution in [2.75, 3.05) is 11.9 Å². The minimum Gasteiger partial charge on any atom is -0.480 e. The van der Waals surface area contributed by atoms with E-state index in [0.717, 1.165) is 5.33 Å². The van der Waals surface area contributed by atoms with Crippen LogP contribution >= 0.6 is 15.9 Å². The maximum atomic E-state index is 11.6. The van der Waals surface area contributed by atoms with Crippen molar-refractivity contribution in [1.82, 2.24) is 4.90 Å². The third kappa shape index (κ3) is 2.81. The average molecular weight is 276 g/mol. The number of amides is 1. The topological polar surface area (TPSA) is 57.6 Å². The number of hydrogen-bond donors (Lipinski definition) is 1. The molecule has 0 aromatic heterocycles. The Morgan fingerprint density at radius 3 is 2.87 bits per heavy atom. The van der Waals surface area contributed by atoms with Gasteiger partial charge in [0, 0.05) is 18.3 Å². The molecule has 0 spiro atoms. The molecular formula is C10H14BrNO3. The Bertz CT molecular complexity index is 280. The first-order chi connectivity index (χ1) is 7.10. The summed E-state index contributed by atoms with van der Waals surface area (Å²) in [6.07, 6.45) is 2.27. The summed E-state index contributed by atoms with van der Waals surface area (Å²) >= 11 is 3.31. The van der Waals surface area contributed by atoms with Gasteiger partial charge < -0.3 is 10.0 Å². The van der Waals surface area contributed by atoms with Crippen LogP contribution in [-0.2, 0) is 9.59 Å². The van der Waals surface area contributed by atoms with Gasteiger partial charge in [-0.1, -0.05) is 22.0 Å². The molecule has 84 valence electrons. The van der Waals surface area contributed by atoms with E-state index in [1.807, 2.05) is 0 Å². The number of likely N-dealkylation sites (tertiary alicyclic amines) is 1. The van der Waals surface area contributed by atoms with E-state index in [2.05, 4.69) is 22.5 Å². The molecule has 1 fully saturated rings. The SMILES string of the molecule is C=CCC(C(=O)O)N1CC(CBr)CC1=O. The first kappa shape index (κ1) is 12.2. The summed E-state index contributed by atoms with van der Waals surface area (Å²) in [5, 5.41) is 9.72. The van der Waals surface area contributed by atoms with Crippen molar-refractivity contribution in [3.63, 3.8) is 0 Å². The van der Waals surface area contributed by atoms with Crippen LogP contribution in [0, 0.1) is 5.92 Å². The average Bonchev–Trinajstić information content (AvgIpc) is 2.55. The lowest BCUT2D eigenvalue weighted by Crippen LogP contribution is -2.41. The van der Waals surface area contributed by atoms with Gasteiger partial charge in [-0.05, 0) is 12.3 Å². The number of carbonyl (C=O) groups is 2. The van der Waals surface area contributed by atoms with Crippen molar-refractivity contribution in [2.24, 2.45) is 5.92 Å². The molecule has 4 nitrogen and oxygen atoms in total. The van der Waals surface area contributed by atoms with Crippen LogP contribution in [-0.4, -0.2) is 39.8 Å². The molecule has 1 rings (SSSR count). The maximum Gasteiger partial charge on any atom is 0.326 e. The molecule has 0 aromatic rings. The summed E-state index contributed by atoms with van der Waals surface area (Å²) in [6, 6.07) is -0.751. The van der Waals surface area contributed by atoms with Crippen molar-refractivity contribution < 1.29 is 14.7 Å². The minimum atomic E-state index is -0.960. The number of hydrogen-bond acceptors (Lipinski definition) is 2. The number of alkyl halides is 1. The Balaban J connectivity index is 2.72. The first-order valence-electron chi connectivity index (χ1n) is 4.79. The number of rotatable bonds is 5. The van der Waals surface area contributed by atoms with Crippen molar-refractivity contribution >= 4 is 27.8 Å². The van der Waals surface area contributed by atoms with Crippen molar-refractivity contribution in [2.45, 2.75) is 18.9 Å². The van der Waals surface area contributed by atoms with Gasteiger partial charge in [-0.2, -0.15) is 0 Å². The van der Waals surface area contributed by atoms with Gasteiger partial charge >= 0.3 is 5.97 Å². The van der Waals surface area contributed by atoms with Crippen LogP contribution in [0.1, 0.15) is 12.8 Å². The molecular weight excluding hydrogens is 262 g/mol. The lowest BCUT2D eigenvalue weighted by atomic mass is 10.1. The van der Waals surface area contributed by atoms with E-state index in [4.69, 9.17) is 5.11 Å². The lowest BCUT2D eigenvalue weighted by molar-refractivity contribution is -0.148. The highest BCUT2D eigenvalue weighted by Crippen LogP contribution is 2.23.